The zero-order valence-corrected chi connectivity index (χ0v) is 16.4. The Bertz CT molecular complexity index is 727. The summed E-state index contributed by atoms with van der Waals surface area (Å²) >= 11 is 0. The van der Waals surface area contributed by atoms with Crippen LogP contribution in [0.3, 0.4) is 0 Å². The molecule has 2 aromatic rings. The van der Waals surface area contributed by atoms with Gasteiger partial charge < -0.3 is 9.64 Å². The Kier molecular flexibility index (Phi) is 8.30. The number of piperazine rings is 1. The molecular weight excluding hydrogens is 362 g/mol. The van der Waals surface area contributed by atoms with Crippen molar-refractivity contribution in [1.29, 1.82) is 0 Å². The molecule has 1 aromatic carbocycles. The number of ether oxygens (including phenoxy) is 1. The maximum absolute atomic E-state index is 12.4. The highest BCUT2D eigenvalue weighted by atomic mass is 35.5. The second-order valence-electron chi connectivity index (χ2n) is 6.34. The lowest BCUT2D eigenvalue weighted by atomic mass is 10.2. The summed E-state index contributed by atoms with van der Waals surface area (Å²) in [6.45, 7) is 4.35. The highest BCUT2D eigenvalue weighted by Crippen LogP contribution is 2.13. The lowest BCUT2D eigenvalue weighted by Crippen LogP contribution is -2.48. The van der Waals surface area contributed by atoms with Crippen molar-refractivity contribution in [2.45, 2.75) is 6.42 Å². The van der Waals surface area contributed by atoms with Gasteiger partial charge in [0, 0.05) is 57.1 Å². The van der Waals surface area contributed by atoms with E-state index < -0.39 is 0 Å². The van der Waals surface area contributed by atoms with E-state index in [0.717, 1.165) is 56.2 Å². The van der Waals surface area contributed by atoms with E-state index in [1.54, 1.807) is 13.2 Å². The molecule has 0 bridgehead atoms. The number of carbonyl (C=O) groups is 1. The smallest absolute Gasteiger partial charge is 0.246 e. The van der Waals surface area contributed by atoms with Gasteiger partial charge in [0.05, 0.1) is 7.11 Å². The summed E-state index contributed by atoms with van der Waals surface area (Å²) < 4.78 is 5.14. The molecule has 27 heavy (non-hydrogen) atoms. The first kappa shape index (κ1) is 20.9. The van der Waals surface area contributed by atoms with Gasteiger partial charge in [0.2, 0.25) is 5.91 Å². The number of hydrogen-bond donors (Lipinski definition) is 0. The van der Waals surface area contributed by atoms with E-state index in [1.165, 1.54) is 0 Å². The van der Waals surface area contributed by atoms with Crippen LogP contribution in [0.25, 0.3) is 6.08 Å². The Labute approximate surface area is 167 Å². The molecule has 2 heterocycles. The fourth-order valence-electron chi connectivity index (χ4n) is 3.00. The minimum Gasteiger partial charge on any atom is -0.497 e. The Morgan fingerprint density at radius 2 is 1.85 bits per heavy atom. The molecule has 144 valence electrons. The van der Waals surface area contributed by atoms with Gasteiger partial charge in [0.25, 0.3) is 0 Å². The number of hydrogen-bond acceptors (Lipinski definition) is 4. The summed E-state index contributed by atoms with van der Waals surface area (Å²) in [6, 6.07) is 13.7. The fraction of sp³-hybridized carbons (Fsp3) is 0.333. The van der Waals surface area contributed by atoms with E-state index in [4.69, 9.17) is 4.74 Å². The Hall–Kier alpha value is -2.37. The van der Waals surface area contributed by atoms with E-state index in [2.05, 4.69) is 16.0 Å². The number of carbonyl (C=O) groups excluding carboxylic acids is 1. The lowest BCUT2D eigenvalue weighted by Gasteiger charge is -2.34. The first-order valence-corrected chi connectivity index (χ1v) is 8.98. The van der Waals surface area contributed by atoms with Gasteiger partial charge in [-0.15, -0.1) is 12.4 Å². The highest BCUT2D eigenvalue weighted by molar-refractivity contribution is 5.91. The number of pyridine rings is 1. The van der Waals surface area contributed by atoms with Gasteiger partial charge in [-0.3, -0.25) is 14.7 Å². The third kappa shape index (κ3) is 6.38. The zero-order chi connectivity index (χ0) is 18.2. The minimum absolute atomic E-state index is 0. The number of benzene rings is 1. The number of methoxy groups -OCH3 is 1. The average molecular weight is 388 g/mol. The first-order valence-electron chi connectivity index (χ1n) is 8.98. The topological polar surface area (TPSA) is 45.7 Å². The summed E-state index contributed by atoms with van der Waals surface area (Å²) in [4.78, 5) is 21.0. The van der Waals surface area contributed by atoms with Crippen LogP contribution in [-0.2, 0) is 11.2 Å². The van der Waals surface area contributed by atoms with Crippen LogP contribution in [0.15, 0.2) is 54.7 Å². The minimum atomic E-state index is 0. The van der Waals surface area contributed by atoms with Gasteiger partial charge in [-0.25, -0.2) is 0 Å². The molecule has 0 aliphatic carbocycles. The molecular formula is C21H26ClN3O2. The van der Waals surface area contributed by atoms with Crippen LogP contribution in [0.5, 0.6) is 5.75 Å². The molecule has 1 saturated heterocycles. The number of halogens is 1. The van der Waals surface area contributed by atoms with Crippen LogP contribution in [0.2, 0.25) is 0 Å². The number of rotatable bonds is 6. The second-order valence-corrected chi connectivity index (χ2v) is 6.34. The van der Waals surface area contributed by atoms with Gasteiger partial charge in [-0.1, -0.05) is 18.2 Å². The van der Waals surface area contributed by atoms with E-state index in [0.29, 0.717) is 0 Å². The van der Waals surface area contributed by atoms with Crippen molar-refractivity contribution in [3.63, 3.8) is 0 Å². The van der Waals surface area contributed by atoms with Crippen molar-refractivity contribution < 1.29 is 9.53 Å². The van der Waals surface area contributed by atoms with Gasteiger partial charge in [0.15, 0.2) is 0 Å². The van der Waals surface area contributed by atoms with Gasteiger partial charge in [0.1, 0.15) is 5.75 Å². The summed E-state index contributed by atoms with van der Waals surface area (Å²) in [5.74, 6) is 0.889. The Morgan fingerprint density at radius 3 is 2.48 bits per heavy atom. The zero-order valence-electron chi connectivity index (χ0n) is 15.6. The molecule has 6 heteroatoms. The van der Waals surface area contributed by atoms with Crippen LogP contribution in [0.1, 0.15) is 11.3 Å². The van der Waals surface area contributed by atoms with Crippen LogP contribution in [-0.4, -0.2) is 60.5 Å². The summed E-state index contributed by atoms with van der Waals surface area (Å²) in [7, 11) is 1.64. The molecule has 3 rings (SSSR count). The molecule has 1 aromatic heterocycles. The van der Waals surface area contributed by atoms with Gasteiger partial charge >= 0.3 is 0 Å². The SMILES string of the molecule is COc1ccc(/C=C/C(=O)N2CCN(CCc3ccccn3)CC2)cc1.Cl. The van der Waals surface area contributed by atoms with E-state index in [1.807, 2.05) is 53.6 Å². The van der Waals surface area contributed by atoms with E-state index in [9.17, 15) is 4.79 Å². The normalized spacial score (nSPS) is 14.8. The number of amides is 1. The van der Waals surface area contributed by atoms with Crippen molar-refractivity contribution in [3.8, 4) is 5.75 Å². The predicted molar refractivity (Wildman–Crippen MR) is 110 cm³/mol. The molecule has 0 N–H and O–H groups in total. The van der Waals surface area contributed by atoms with Crippen molar-refractivity contribution in [3.05, 3.63) is 66.0 Å². The van der Waals surface area contributed by atoms with E-state index >= 15 is 0 Å². The maximum Gasteiger partial charge on any atom is 0.246 e. The molecule has 0 unspecified atom stereocenters. The van der Waals surface area contributed by atoms with Gasteiger partial charge in [-0.2, -0.15) is 0 Å². The quantitative estimate of drug-likeness (QED) is 0.715. The van der Waals surface area contributed by atoms with Crippen molar-refractivity contribution >= 4 is 24.4 Å². The Balaban J connectivity index is 0.00000261. The largest absolute Gasteiger partial charge is 0.497 e. The number of aromatic nitrogens is 1. The summed E-state index contributed by atoms with van der Waals surface area (Å²) in [6.07, 6.45) is 6.30. The monoisotopic (exact) mass is 387 g/mol. The standard InChI is InChI=1S/C21H25N3O2.ClH/c1-26-20-8-5-18(6-9-20)7-10-21(25)24-16-14-23(15-17-24)13-11-19-4-2-3-12-22-19;/h2-10,12H,11,13-17H2,1H3;1H/b10-7+;. The Morgan fingerprint density at radius 1 is 1.11 bits per heavy atom. The van der Waals surface area contributed by atoms with Crippen molar-refractivity contribution in [2.24, 2.45) is 0 Å². The van der Waals surface area contributed by atoms with Crippen LogP contribution < -0.4 is 4.74 Å². The summed E-state index contributed by atoms with van der Waals surface area (Å²) in [5.41, 5.74) is 2.11. The molecule has 1 aliphatic rings. The lowest BCUT2D eigenvalue weighted by molar-refractivity contribution is -0.127. The fourth-order valence-corrected chi connectivity index (χ4v) is 3.00. The molecule has 1 amide bonds. The van der Waals surface area contributed by atoms with Crippen molar-refractivity contribution in [1.82, 2.24) is 14.8 Å². The van der Waals surface area contributed by atoms with Crippen LogP contribution in [0.4, 0.5) is 0 Å². The van der Waals surface area contributed by atoms with E-state index in [-0.39, 0.29) is 18.3 Å². The van der Waals surface area contributed by atoms with Crippen LogP contribution >= 0.6 is 12.4 Å². The molecule has 1 aliphatic heterocycles. The maximum atomic E-state index is 12.4. The van der Waals surface area contributed by atoms with Crippen LogP contribution in [0, 0.1) is 0 Å². The number of nitrogens with zero attached hydrogens (tertiary/aromatic N) is 3. The summed E-state index contributed by atoms with van der Waals surface area (Å²) in [5, 5.41) is 0. The molecule has 0 saturated carbocycles. The third-order valence-corrected chi connectivity index (χ3v) is 4.63. The molecule has 5 nitrogen and oxygen atoms in total. The second kappa shape index (κ2) is 10.7. The highest BCUT2D eigenvalue weighted by Gasteiger charge is 2.19. The molecule has 1 fully saturated rings. The predicted octanol–water partition coefficient (Wildman–Crippen LogP) is 2.91. The molecule has 0 radical (unpaired) electrons. The third-order valence-electron chi connectivity index (χ3n) is 4.63. The van der Waals surface area contributed by atoms with Gasteiger partial charge in [-0.05, 0) is 35.9 Å². The molecule has 0 atom stereocenters. The first-order chi connectivity index (χ1) is 12.7. The van der Waals surface area contributed by atoms with Crippen molar-refractivity contribution in [2.75, 3.05) is 39.8 Å². The molecule has 0 spiro atoms. The average Bonchev–Trinajstić information content (AvgIpc) is 2.72.